The Bertz CT molecular complexity index is 1140. The highest BCUT2D eigenvalue weighted by atomic mass is 16.5. The maximum absolute atomic E-state index is 12.2. The van der Waals surface area contributed by atoms with Gasteiger partial charge in [0.25, 0.3) is 0 Å². The minimum Gasteiger partial charge on any atom is -0.396 e. The van der Waals surface area contributed by atoms with Crippen LogP contribution in [0.15, 0.2) is 0 Å². The molecular formula is C40H70O14. The van der Waals surface area contributed by atoms with Gasteiger partial charge in [0.15, 0.2) is 0 Å². The van der Waals surface area contributed by atoms with Crippen molar-refractivity contribution >= 4 is 12.1 Å². The smallest absolute Gasteiger partial charge is 0.130 e. The summed E-state index contributed by atoms with van der Waals surface area (Å²) in [6, 6.07) is 0. The maximum atomic E-state index is 12.2. The number of aliphatic hydroxyl groups excluding tert-OH is 8. The van der Waals surface area contributed by atoms with Crippen molar-refractivity contribution < 1.29 is 69.4 Å². The Hall–Kier alpha value is -1.14. The summed E-state index contributed by atoms with van der Waals surface area (Å²) in [5.74, 6) is -3.72. The first kappa shape index (κ1) is 45.6. The normalized spacial score (nSPS) is 45.9. The predicted molar refractivity (Wildman–Crippen MR) is 196 cm³/mol. The van der Waals surface area contributed by atoms with Gasteiger partial charge in [-0.15, -0.1) is 0 Å². The Labute approximate surface area is 320 Å². The molecule has 8 N–H and O–H groups in total. The van der Waals surface area contributed by atoms with E-state index in [9.17, 15) is 50.4 Å². The number of Topliss-reactive ketones (excluding diaryl/α,β-unsaturated/α-hetero) is 1. The van der Waals surface area contributed by atoms with Crippen LogP contribution in [-0.2, 0) is 28.5 Å². The van der Waals surface area contributed by atoms with Crippen LogP contribution in [0.2, 0.25) is 0 Å². The van der Waals surface area contributed by atoms with E-state index in [2.05, 4.69) is 0 Å². The van der Waals surface area contributed by atoms with Crippen molar-refractivity contribution in [3.8, 4) is 0 Å². The standard InChI is InChI=1S/C40H70O14/c1-6-23-7-20(2)30(37(48)33(23)44)17-53-15-28-10-26(13-42)32(39(50)34(28)45)19-54-16-29-11-25(12-41)31(38(49)35(29)46)18-52-14-27-9-24(8-21(3)43)36(47)40(51-5)22(27)4/h12,20,22-40,42,44-50H,6-11,13-19H2,1-5H3. The largest absolute Gasteiger partial charge is 0.396 e. The third-order valence-electron chi connectivity index (χ3n) is 13.9. The molecule has 4 aliphatic carbocycles. The molecule has 54 heavy (non-hydrogen) atoms. The van der Waals surface area contributed by atoms with Gasteiger partial charge in [-0.2, -0.15) is 0 Å². The summed E-state index contributed by atoms with van der Waals surface area (Å²) >= 11 is 0. The third kappa shape index (κ3) is 10.7. The van der Waals surface area contributed by atoms with Gasteiger partial charge in [0.2, 0.25) is 0 Å². The molecule has 4 saturated carbocycles. The molecule has 0 bridgehead atoms. The Balaban J connectivity index is 1.24. The molecular weight excluding hydrogens is 704 g/mol. The van der Waals surface area contributed by atoms with E-state index in [1.54, 1.807) is 0 Å². The van der Waals surface area contributed by atoms with Gasteiger partial charge in [-0.1, -0.05) is 27.2 Å². The van der Waals surface area contributed by atoms with Crippen LogP contribution in [0.4, 0.5) is 0 Å². The molecule has 314 valence electrons. The Kier molecular flexibility index (Phi) is 17.7. The number of ketones is 1. The highest BCUT2D eigenvalue weighted by molar-refractivity contribution is 5.75. The third-order valence-corrected chi connectivity index (χ3v) is 13.9. The SMILES string of the molecule is CCC1CC(C)C(COCC2CC(CO)C(COCC3CC(C=O)C(COCC4CC(CC(C)=O)C(O)C(OC)C4C)C(O)C3O)C(O)C2O)C(O)C1O. The predicted octanol–water partition coefficient (Wildman–Crippen LogP) is 0.207. The second-order valence-electron chi connectivity index (χ2n) is 17.4. The van der Waals surface area contributed by atoms with Gasteiger partial charge in [-0.05, 0) is 68.1 Å². The van der Waals surface area contributed by atoms with Crippen molar-refractivity contribution in [1.29, 1.82) is 0 Å². The average Bonchev–Trinajstić information content (AvgIpc) is 3.14. The number of methoxy groups -OCH3 is 1. The summed E-state index contributed by atoms with van der Waals surface area (Å²) in [5.41, 5.74) is 0. The molecule has 0 saturated heterocycles. The lowest BCUT2D eigenvalue weighted by molar-refractivity contribution is -0.161. The number of hydrogen-bond acceptors (Lipinski definition) is 14. The van der Waals surface area contributed by atoms with Crippen molar-refractivity contribution in [1.82, 2.24) is 0 Å². The Morgan fingerprint density at radius 1 is 0.611 bits per heavy atom. The van der Waals surface area contributed by atoms with Crippen LogP contribution in [0.25, 0.3) is 0 Å². The molecule has 20 atom stereocenters. The molecule has 0 radical (unpaired) electrons. The van der Waals surface area contributed by atoms with E-state index in [0.717, 1.165) is 19.1 Å². The summed E-state index contributed by atoms with van der Waals surface area (Å²) in [6.45, 7) is 7.86. The fraction of sp³-hybridized carbons (Fsp3) is 0.950. The van der Waals surface area contributed by atoms with Crippen LogP contribution in [0.5, 0.6) is 0 Å². The molecule has 4 aliphatic rings. The molecule has 4 rings (SSSR count). The zero-order valence-electron chi connectivity index (χ0n) is 32.8. The van der Waals surface area contributed by atoms with E-state index in [1.165, 1.54) is 14.0 Å². The second-order valence-corrected chi connectivity index (χ2v) is 17.4. The van der Waals surface area contributed by atoms with Crippen LogP contribution >= 0.6 is 0 Å². The molecule has 0 aromatic carbocycles. The first-order chi connectivity index (χ1) is 25.7. The van der Waals surface area contributed by atoms with Gasteiger partial charge >= 0.3 is 0 Å². The van der Waals surface area contributed by atoms with E-state index < -0.39 is 84.3 Å². The molecule has 14 nitrogen and oxygen atoms in total. The highest BCUT2D eigenvalue weighted by Crippen LogP contribution is 2.41. The number of hydrogen-bond donors (Lipinski definition) is 8. The number of aldehydes is 1. The van der Waals surface area contributed by atoms with Crippen molar-refractivity contribution in [2.24, 2.45) is 71.0 Å². The number of carbonyl (C=O) groups is 2. The number of aliphatic hydroxyl groups is 8. The van der Waals surface area contributed by atoms with Gasteiger partial charge in [-0.25, -0.2) is 0 Å². The molecule has 0 aliphatic heterocycles. The molecule has 0 aromatic heterocycles. The zero-order valence-corrected chi connectivity index (χ0v) is 32.8. The van der Waals surface area contributed by atoms with Crippen molar-refractivity contribution in [3.63, 3.8) is 0 Å². The molecule has 4 fully saturated rings. The fourth-order valence-electron chi connectivity index (χ4n) is 10.3. The average molecular weight is 775 g/mol. The van der Waals surface area contributed by atoms with Crippen LogP contribution in [0.3, 0.4) is 0 Å². The van der Waals surface area contributed by atoms with Gasteiger partial charge < -0.3 is 69.4 Å². The number of carbonyl (C=O) groups excluding carboxylic acids is 2. The lowest BCUT2D eigenvalue weighted by Crippen LogP contribution is -2.53. The zero-order chi connectivity index (χ0) is 39.9. The summed E-state index contributed by atoms with van der Waals surface area (Å²) in [5, 5.41) is 86.6. The van der Waals surface area contributed by atoms with E-state index in [1.807, 2.05) is 20.8 Å². The lowest BCUT2D eigenvalue weighted by Gasteiger charge is -2.44. The summed E-state index contributed by atoms with van der Waals surface area (Å²) in [7, 11) is 1.53. The molecule has 0 amide bonds. The second kappa shape index (κ2) is 21.0. The monoisotopic (exact) mass is 774 g/mol. The Morgan fingerprint density at radius 2 is 1.11 bits per heavy atom. The summed E-state index contributed by atoms with van der Waals surface area (Å²) < 4.78 is 23.5. The molecule has 20 unspecified atom stereocenters. The highest BCUT2D eigenvalue weighted by Gasteiger charge is 2.47. The maximum Gasteiger partial charge on any atom is 0.130 e. The summed E-state index contributed by atoms with van der Waals surface area (Å²) in [6.07, 6.45) is -3.98. The van der Waals surface area contributed by atoms with Crippen LogP contribution in [-0.4, -0.2) is 155 Å². The number of ether oxygens (including phenoxy) is 4. The quantitative estimate of drug-likeness (QED) is 0.0871. The molecule has 0 heterocycles. The van der Waals surface area contributed by atoms with Gasteiger partial charge in [0.1, 0.15) is 12.1 Å². The van der Waals surface area contributed by atoms with Crippen LogP contribution < -0.4 is 0 Å². The first-order valence-corrected chi connectivity index (χ1v) is 20.3. The summed E-state index contributed by atoms with van der Waals surface area (Å²) in [4.78, 5) is 24.0. The van der Waals surface area contributed by atoms with E-state index in [4.69, 9.17) is 18.9 Å². The van der Waals surface area contributed by atoms with Crippen LogP contribution in [0.1, 0.15) is 66.2 Å². The lowest BCUT2D eigenvalue weighted by atomic mass is 9.70. The molecule has 0 spiro atoms. The van der Waals surface area contributed by atoms with Crippen molar-refractivity contribution in [2.45, 2.75) is 115 Å². The number of rotatable bonds is 18. The minimum absolute atomic E-state index is 0.00928. The van der Waals surface area contributed by atoms with Gasteiger partial charge in [0, 0.05) is 62.3 Å². The molecule has 14 heteroatoms. The van der Waals surface area contributed by atoms with Crippen molar-refractivity contribution in [2.75, 3.05) is 53.4 Å². The van der Waals surface area contributed by atoms with Gasteiger partial charge in [-0.3, -0.25) is 0 Å². The van der Waals surface area contributed by atoms with E-state index >= 15 is 0 Å². The van der Waals surface area contributed by atoms with Gasteiger partial charge in [0.05, 0.1) is 81.9 Å². The first-order valence-electron chi connectivity index (χ1n) is 20.3. The van der Waals surface area contributed by atoms with E-state index in [-0.39, 0.29) is 100 Å². The minimum atomic E-state index is -1.26. The molecule has 0 aromatic rings. The Morgan fingerprint density at radius 3 is 1.67 bits per heavy atom. The topological polar surface area (TPSA) is 233 Å². The van der Waals surface area contributed by atoms with Crippen LogP contribution in [0, 0.1) is 71.0 Å². The fourth-order valence-corrected chi connectivity index (χ4v) is 10.3. The van der Waals surface area contributed by atoms with E-state index in [0.29, 0.717) is 12.8 Å². The van der Waals surface area contributed by atoms with Crippen molar-refractivity contribution in [3.05, 3.63) is 0 Å².